The van der Waals surface area contributed by atoms with E-state index >= 15 is 0 Å². The summed E-state index contributed by atoms with van der Waals surface area (Å²) in [4.78, 5) is 24.2. The topological polar surface area (TPSA) is 92.5 Å². The Labute approximate surface area is 258 Å². The molecular formula is C36H39N5O3. The van der Waals surface area contributed by atoms with Crippen molar-refractivity contribution in [3.05, 3.63) is 126 Å². The molecule has 3 aromatic carbocycles. The summed E-state index contributed by atoms with van der Waals surface area (Å²) in [6.45, 7) is 6.46. The molecule has 0 spiro atoms. The molecule has 1 amide bonds. The molecule has 0 aliphatic carbocycles. The van der Waals surface area contributed by atoms with Crippen molar-refractivity contribution >= 4 is 22.9 Å². The van der Waals surface area contributed by atoms with Crippen molar-refractivity contribution in [1.82, 2.24) is 19.4 Å². The number of carbonyl (C=O) groups is 1. The summed E-state index contributed by atoms with van der Waals surface area (Å²) in [5.74, 6) is 0.613. The van der Waals surface area contributed by atoms with Gasteiger partial charge in [0.15, 0.2) is 0 Å². The Kier molecular flexibility index (Phi) is 8.10. The zero-order valence-corrected chi connectivity index (χ0v) is 25.4. The van der Waals surface area contributed by atoms with E-state index in [2.05, 4.69) is 99.9 Å². The predicted molar refractivity (Wildman–Crippen MR) is 173 cm³/mol. The van der Waals surface area contributed by atoms with Crippen LogP contribution in [0.5, 0.6) is 0 Å². The van der Waals surface area contributed by atoms with Crippen LogP contribution in [0.15, 0.2) is 110 Å². The van der Waals surface area contributed by atoms with Gasteiger partial charge in [-0.2, -0.15) is 0 Å². The largest absolute Gasteiger partial charge is 0.444 e. The Morgan fingerprint density at radius 2 is 1.43 bits per heavy atom. The van der Waals surface area contributed by atoms with Gasteiger partial charge in [-0.15, -0.1) is 0 Å². The predicted octanol–water partition coefficient (Wildman–Crippen LogP) is 6.30. The smallest absolute Gasteiger partial charge is 0.410 e. The summed E-state index contributed by atoms with van der Waals surface area (Å²) >= 11 is 0. The Morgan fingerprint density at radius 3 is 1.95 bits per heavy atom. The molecule has 1 aliphatic rings. The van der Waals surface area contributed by atoms with E-state index < -0.39 is 11.1 Å². The highest BCUT2D eigenvalue weighted by Crippen LogP contribution is 2.43. The standard InChI is InChI=1S/C36H39N5O3/c1-35(2,3)44-34(43)40-22-26(24-42)21-30(23-40)39-32-31-19-20-41(33(31)38-25-37-32)36(27-13-7-4-8-14-27,28-15-9-5-10-16-28)29-17-11-6-12-18-29/h4-20,25-26,30,42H,21-24H2,1-3H3,(H,37,38,39)/t26-,30+/m0/s1. The minimum Gasteiger partial charge on any atom is -0.444 e. The monoisotopic (exact) mass is 589 g/mol. The lowest BCUT2D eigenvalue weighted by atomic mass is 9.76. The average molecular weight is 590 g/mol. The van der Waals surface area contributed by atoms with E-state index in [9.17, 15) is 9.90 Å². The minimum atomic E-state index is -0.711. The second-order valence-electron chi connectivity index (χ2n) is 12.5. The van der Waals surface area contributed by atoms with E-state index in [4.69, 9.17) is 9.72 Å². The number of fused-ring (bicyclic) bond motifs is 1. The number of ether oxygens (including phenoxy) is 1. The van der Waals surface area contributed by atoms with Crippen molar-refractivity contribution in [3.63, 3.8) is 0 Å². The van der Waals surface area contributed by atoms with E-state index in [0.29, 0.717) is 25.3 Å². The number of carbonyl (C=O) groups excluding carboxylic acids is 1. The van der Waals surface area contributed by atoms with Crippen molar-refractivity contribution in [2.24, 2.45) is 5.92 Å². The molecule has 2 aromatic heterocycles. The first-order chi connectivity index (χ1) is 21.3. The number of aromatic nitrogens is 3. The number of aliphatic hydroxyl groups is 1. The molecule has 3 heterocycles. The Morgan fingerprint density at radius 1 is 0.864 bits per heavy atom. The highest BCUT2D eigenvalue weighted by Gasteiger charge is 2.40. The quantitative estimate of drug-likeness (QED) is 0.217. The lowest BCUT2D eigenvalue weighted by Crippen LogP contribution is -2.51. The molecule has 2 atom stereocenters. The number of anilines is 1. The molecule has 1 aliphatic heterocycles. The maximum atomic E-state index is 13.0. The molecule has 5 aromatic rings. The molecule has 1 fully saturated rings. The number of nitrogens with one attached hydrogen (secondary N) is 1. The molecule has 8 nitrogen and oxygen atoms in total. The number of amides is 1. The van der Waals surface area contributed by atoms with Gasteiger partial charge in [0.2, 0.25) is 0 Å². The third-order valence-corrected chi connectivity index (χ3v) is 8.21. The number of aliphatic hydroxyl groups excluding tert-OH is 1. The number of piperidine rings is 1. The number of benzene rings is 3. The first-order valence-corrected chi connectivity index (χ1v) is 15.1. The normalized spacial score (nSPS) is 17.4. The van der Waals surface area contributed by atoms with Crippen LogP contribution in [0.2, 0.25) is 0 Å². The fraction of sp³-hybridized carbons (Fsp3) is 0.306. The summed E-state index contributed by atoms with van der Waals surface area (Å²) in [5.41, 5.74) is 2.78. The molecule has 6 rings (SSSR count). The number of rotatable bonds is 7. The summed E-state index contributed by atoms with van der Waals surface area (Å²) in [5, 5.41) is 14.5. The fourth-order valence-corrected chi connectivity index (χ4v) is 6.40. The van der Waals surface area contributed by atoms with Crippen LogP contribution in [0.3, 0.4) is 0 Å². The molecular weight excluding hydrogens is 550 g/mol. The molecule has 1 saturated heterocycles. The van der Waals surface area contributed by atoms with E-state index in [1.54, 1.807) is 11.2 Å². The molecule has 0 saturated carbocycles. The molecule has 0 bridgehead atoms. The van der Waals surface area contributed by atoms with Gasteiger partial charge in [0, 0.05) is 37.9 Å². The first-order valence-electron chi connectivity index (χ1n) is 15.1. The van der Waals surface area contributed by atoms with E-state index in [-0.39, 0.29) is 24.7 Å². The number of nitrogens with zero attached hydrogens (tertiary/aromatic N) is 4. The van der Waals surface area contributed by atoms with Gasteiger partial charge in [-0.25, -0.2) is 14.8 Å². The highest BCUT2D eigenvalue weighted by molar-refractivity contribution is 5.88. The molecule has 8 heteroatoms. The second-order valence-corrected chi connectivity index (χ2v) is 12.5. The number of hydrogen-bond donors (Lipinski definition) is 2. The van der Waals surface area contributed by atoms with Crippen LogP contribution in [0.25, 0.3) is 11.0 Å². The van der Waals surface area contributed by atoms with Crippen molar-refractivity contribution in [1.29, 1.82) is 0 Å². The van der Waals surface area contributed by atoms with E-state index in [0.717, 1.165) is 27.7 Å². The molecule has 0 radical (unpaired) electrons. The summed E-state index contributed by atoms with van der Waals surface area (Å²) < 4.78 is 7.89. The third-order valence-electron chi connectivity index (χ3n) is 8.21. The molecule has 44 heavy (non-hydrogen) atoms. The summed E-state index contributed by atoms with van der Waals surface area (Å²) in [6.07, 6.45) is 4.00. The van der Waals surface area contributed by atoms with Crippen molar-refractivity contribution in [2.75, 3.05) is 25.0 Å². The zero-order chi connectivity index (χ0) is 30.7. The Balaban J connectivity index is 1.44. The van der Waals surface area contributed by atoms with Gasteiger partial charge in [-0.05, 0) is 49.9 Å². The zero-order valence-electron chi connectivity index (χ0n) is 25.4. The van der Waals surface area contributed by atoms with Gasteiger partial charge in [0.05, 0.1) is 5.39 Å². The maximum Gasteiger partial charge on any atom is 0.410 e. The van der Waals surface area contributed by atoms with Crippen LogP contribution in [0, 0.1) is 5.92 Å². The van der Waals surface area contributed by atoms with Crippen LogP contribution < -0.4 is 5.32 Å². The van der Waals surface area contributed by atoms with Crippen molar-refractivity contribution in [2.45, 2.75) is 44.4 Å². The average Bonchev–Trinajstić information content (AvgIpc) is 3.47. The van der Waals surface area contributed by atoms with E-state index in [1.807, 2.05) is 39.0 Å². The van der Waals surface area contributed by atoms with Crippen molar-refractivity contribution < 1.29 is 14.6 Å². The second kappa shape index (κ2) is 12.1. The summed E-state index contributed by atoms with van der Waals surface area (Å²) in [7, 11) is 0. The van der Waals surface area contributed by atoms with Crippen LogP contribution in [0.4, 0.5) is 10.6 Å². The molecule has 2 N–H and O–H groups in total. The fourth-order valence-electron chi connectivity index (χ4n) is 6.40. The van der Waals surface area contributed by atoms with Gasteiger partial charge in [-0.3, -0.25) is 0 Å². The first kappa shape index (κ1) is 29.4. The van der Waals surface area contributed by atoms with Crippen molar-refractivity contribution in [3.8, 4) is 0 Å². The number of likely N-dealkylation sites (tertiary alicyclic amines) is 1. The van der Waals surface area contributed by atoms with Crippen LogP contribution in [0.1, 0.15) is 43.9 Å². The lowest BCUT2D eigenvalue weighted by molar-refractivity contribution is 0.0116. The van der Waals surface area contributed by atoms with Crippen LogP contribution in [-0.2, 0) is 10.3 Å². The minimum absolute atomic E-state index is 0.0131. The lowest BCUT2D eigenvalue weighted by Gasteiger charge is -2.38. The van der Waals surface area contributed by atoms with Gasteiger partial charge >= 0.3 is 6.09 Å². The maximum absolute atomic E-state index is 13.0. The number of hydrogen-bond acceptors (Lipinski definition) is 6. The molecule has 0 unspecified atom stereocenters. The summed E-state index contributed by atoms with van der Waals surface area (Å²) in [6, 6.07) is 33.4. The van der Waals surface area contributed by atoms with Gasteiger partial charge in [0.1, 0.15) is 28.9 Å². The van der Waals surface area contributed by atoms with Crippen LogP contribution >= 0.6 is 0 Å². The SMILES string of the molecule is CC(C)(C)OC(=O)N1C[C@@H](CO)C[C@@H](Nc2ncnc3c2ccn3C(c2ccccc2)(c2ccccc2)c2ccccc2)C1. The molecule has 226 valence electrons. The third kappa shape index (κ3) is 5.65. The highest BCUT2D eigenvalue weighted by atomic mass is 16.6. The van der Waals surface area contributed by atoms with Gasteiger partial charge < -0.3 is 24.6 Å². The van der Waals surface area contributed by atoms with Gasteiger partial charge in [0.25, 0.3) is 0 Å². The van der Waals surface area contributed by atoms with E-state index in [1.165, 1.54) is 0 Å². The van der Waals surface area contributed by atoms with Gasteiger partial charge in [-0.1, -0.05) is 91.0 Å². The van der Waals surface area contributed by atoms with Crippen LogP contribution in [-0.4, -0.2) is 62.0 Å². The Bertz CT molecular complexity index is 1600. The Hall–Kier alpha value is -4.69.